The van der Waals surface area contributed by atoms with Crippen molar-refractivity contribution in [1.29, 1.82) is 0 Å². The molecular formula is C6H16N2O2. The minimum atomic E-state index is -0.426. The van der Waals surface area contributed by atoms with E-state index in [4.69, 9.17) is 0 Å². The lowest BCUT2D eigenvalue weighted by atomic mass is 10.4. The van der Waals surface area contributed by atoms with Crippen LogP contribution in [-0.4, -0.2) is 37.0 Å². The molecule has 0 amide bonds. The summed E-state index contributed by atoms with van der Waals surface area (Å²) in [6, 6.07) is -0.426. The summed E-state index contributed by atoms with van der Waals surface area (Å²) in [5.74, 6) is 0. The van der Waals surface area contributed by atoms with E-state index in [0.29, 0.717) is 0 Å². The normalized spacial score (nSPS) is 9.10. The van der Waals surface area contributed by atoms with Gasteiger partial charge in [0.05, 0.1) is 0 Å². The van der Waals surface area contributed by atoms with Crippen LogP contribution in [0.5, 0.6) is 0 Å². The highest BCUT2D eigenvalue weighted by atomic mass is 16.6. The van der Waals surface area contributed by atoms with E-state index in [1.165, 1.54) is 0 Å². The van der Waals surface area contributed by atoms with Gasteiger partial charge in [0.2, 0.25) is 6.04 Å². The van der Waals surface area contributed by atoms with Crippen LogP contribution in [-0.2, 0) is 0 Å². The lowest BCUT2D eigenvalue weighted by molar-refractivity contribution is -0.513. The summed E-state index contributed by atoms with van der Waals surface area (Å²) in [6.45, 7) is 3.08. The third kappa shape index (κ3) is 26.4. The van der Waals surface area contributed by atoms with Crippen molar-refractivity contribution < 1.29 is 4.92 Å². The predicted molar refractivity (Wildman–Crippen MR) is 41.7 cm³/mol. The molecule has 0 heterocycles. The minimum Gasteiger partial charge on any atom is -0.312 e. The highest BCUT2D eigenvalue weighted by Crippen LogP contribution is 1.79. The van der Waals surface area contributed by atoms with Gasteiger partial charge in [0.15, 0.2) is 0 Å². The second kappa shape index (κ2) is 6.48. The fraction of sp³-hybridized carbons (Fsp3) is 1.00. The molecule has 0 fully saturated rings. The quantitative estimate of drug-likeness (QED) is 0.409. The topological polar surface area (TPSA) is 46.4 Å². The Balaban J connectivity index is 0. The first kappa shape index (κ1) is 12.1. The molecule has 0 bridgehead atoms. The summed E-state index contributed by atoms with van der Waals surface area (Å²) in [7, 11) is 6.00. The van der Waals surface area contributed by atoms with E-state index in [1.807, 2.05) is 26.0 Å². The summed E-state index contributed by atoms with van der Waals surface area (Å²) in [5.41, 5.74) is 0. The van der Waals surface area contributed by atoms with Crippen LogP contribution >= 0.6 is 0 Å². The van der Waals surface area contributed by atoms with Crippen LogP contribution in [0.1, 0.15) is 13.8 Å². The molecule has 0 spiro atoms. The SMILES string of the molecule is CC(C)[N+](=O)[O-].CN(C)C. The van der Waals surface area contributed by atoms with E-state index >= 15 is 0 Å². The van der Waals surface area contributed by atoms with Gasteiger partial charge < -0.3 is 4.90 Å². The molecule has 0 unspecified atom stereocenters. The summed E-state index contributed by atoms with van der Waals surface area (Å²) in [6.07, 6.45) is 0. The fourth-order valence-electron chi connectivity index (χ4n) is 0. The largest absolute Gasteiger partial charge is 0.312 e. The van der Waals surface area contributed by atoms with Crippen molar-refractivity contribution in [3.8, 4) is 0 Å². The van der Waals surface area contributed by atoms with Gasteiger partial charge in [0, 0.05) is 18.8 Å². The highest BCUT2D eigenvalue weighted by Gasteiger charge is 1.99. The van der Waals surface area contributed by atoms with Crippen LogP contribution in [0.2, 0.25) is 0 Å². The van der Waals surface area contributed by atoms with E-state index in [1.54, 1.807) is 13.8 Å². The lowest BCUT2D eigenvalue weighted by Gasteiger charge is -1.90. The molecule has 0 rings (SSSR count). The van der Waals surface area contributed by atoms with Gasteiger partial charge in [-0.2, -0.15) is 0 Å². The maximum Gasteiger partial charge on any atom is 0.207 e. The van der Waals surface area contributed by atoms with Gasteiger partial charge in [0.1, 0.15) is 0 Å². The van der Waals surface area contributed by atoms with Crippen molar-refractivity contribution in [2.75, 3.05) is 21.1 Å². The Morgan fingerprint density at radius 1 is 1.30 bits per heavy atom. The van der Waals surface area contributed by atoms with Crippen molar-refractivity contribution in [1.82, 2.24) is 4.90 Å². The number of hydrogen-bond donors (Lipinski definition) is 0. The second-order valence-electron chi connectivity index (χ2n) is 2.72. The molecule has 0 saturated carbocycles. The minimum absolute atomic E-state index is 0.333. The Bertz CT molecular complexity index is 89.0. The van der Waals surface area contributed by atoms with Crippen molar-refractivity contribution in [2.45, 2.75) is 19.9 Å². The third-order valence-electron chi connectivity index (χ3n) is 0.422. The maximum absolute atomic E-state index is 9.50. The Morgan fingerprint density at radius 2 is 1.40 bits per heavy atom. The van der Waals surface area contributed by atoms with Gasteiger partial charge in [-0.25, -0.2) is 0 Å². The Kier molecular flexibility index (Phi) is 7.82. The van der Waals surface area contributed by atoms with Gasteiger partial charge in [-0.15, -0.1) is 0 Å². The zero-order valence-corrected chi connectivity index (χ0v) is 7.29. The Labute approximate surface area is 62.0 Å². The average molecular weight is 148 g/mol. The van der Waals surface area contributed by atoms with Gasteiger partial charge in [-0.3, -0.25) is 10.1 Å². The molecule has 0 aliphatic heterocycles. The molecule has 0 aliphatic rings. The van der Waals surface area contributed by atoms with Gasteiger partial charge in [-0.1, -0.05) is 0 Å². The highest BCUT2D eigenvalue weighted by molar-refractivity contribution is 4.28. The number of nitrogens with zero attached hydrogens (tertiary/aromatic N) is 2. The maximum atomic E-state index is 9.50. The van der Waals surface area contributed by atoms with E-state index < -0.39 is 6.04 Å². The van der Waals surface area contributed by atoms with Gasteiger partial charge in [0.25, 0.3) is 0 Å². The van der Waals surface area contributed by atoms with E-state index in [9.17, 15) is 10.1 Å². The Hall–Kier alpha value is -0.640. The second-order valence-corrected chi connectivity index (χ2v) is 2.72. The van der Waals surface area contributed by atoms with Crippen LogP contribution < -0.4 is 0 Å². The van der Waals surface area contributed by atoms with E-state index in [2.05, 4.69) is 0 Å². The molecule has 0 atom stereocenters. The van der Waals surface area contributed by atoms with Crippen LogP contribution in [0.3, 0.4) is 0 Å². The summed E-state index contributed by atoms with van der Waals surface area (Å²) < 4.78 is 0. The molecule has 0 N–H and O–H groups in total. The van der Waals surface area contributed by atoms with Gasteiger partial charge >= 0.3 is 0 Å². The number of hydrogen-bond acceptors (Lipinski definition) is 3. The molecule has 0 saturated heterocycles. The standard InChI is InChI=1S/C3H7NO2.C3H9N/c1-3(2)4(5)6;1-4(2)3/h3H,1-2H3;1-3H3. The first-order chi connectivity index (χ1) is 4.37. The predicted octanol–water partition coefficient (Wildman–Crippen LogP) is 0.849. The first-order valence-electron chi connectivity index (χ1n) is 3.12. The van der Waals surface area contributed by atoms with Crippen molar-refractivity contribution in [3.63, 3.8) is 0 Å². The van der Waals surface area contributed by atoms with Gasteiger partial charge in [-0.05, 0) is 21.1 Å². The van der Waals surface area contributed by atoms with E-state index in [0.717, 1.165) is 0 Å². The summed E-state index contributed by atoms with van der Waals surface area (Å²) in [5, 5.41) is 9.50. The molecule has 62 valence electrons. The molecular weight excluding hydrogens is 132 g/mol. The molecule has 0 aromatic rings. The van der Waals surface area contributed by atoms with Crippen molar-refractivity contribution >= 4 is 0 Å². The summed E-state index contributed by atoms with van der Waals surface area (Å²) in [4.78, 5) is 11.2. The summed E-state index contributed by atoms with van der Waals surface area (Å²) >= 11 is 0. The molecule has 0 aliphatic carbocycles. The average Bonchev–Trinajstić information content (AvgIpc) is 1.63. The van der Waals surface area contributed by atoms with Crippen LogP contribution in [0.4, 0.5) is 0 Å². The zero-order valence-electron chi connectivity index (χ0n) is 7.29. The zero-order chi connectivity index (χ0) is 8.73. The molecule has 0 aromatic carbocycles. The van der Waals surface area contributed by atoms with Crippen molar-refractivity contribution in [3.05, 3.63) is 10.1 Å². The Morgan fingerprint density at radius 3 is 1.40 bits per heavy atom. The lowest BCUT2D eigenvalue weighted by Crippen LogP contribution is -2.08. The third-order valence-corrected chi connectivity index (χ3v) is 0.422. The first-order valence-corrected chi connectivity index (χ1v) is 3.12. The molecule has 10 heavy (non-hydrogen) atoms. The van der Waals surface area contributed by atoms with Crippen molar-refractivity contribution in [2.24, 2.45) is 0 Å². The van der Waals surface area contributed by atoms with Crippen LogP contribution in [0, 0.1) is 10.1 Å². The van der Waals surface area contributed by atoms with Crippen LogP contribution in [0.15, 0.2) is 0 Å². The molecule has 0 radical (unpaired) electrons. The van der Waals surface area contributed by atoms with E-state index in [-0.39, 0.29) is 4.92 Å². The molecule has 4 heteroatoms. The molecule has 0 aromatic heterocycles. The number of nitro groups is 1. The monoisotopic (exact) mass is 148 g/mol. The fourth-order valence-corrected chi connectivity index (χ4v) is 0. The molecule has 4 nitrogen and oxygen atoms in total. The smallest absolute Gasteiger partial charge is 0.207 e. The number of rotatable bonds is 1. The van der Waals surface area contributed by atoms with Crippen LogP contribution in [0.25, 0.3) is 0 Å².